The van der Waals surface area contributed by atoms with Crippen molar-refractivity contribution in [2.45, 2.75) is 13.2 Å². The average molecular weight is 338 g/mol. The molecular formula is C14H16BrN3O2. The third-order valence-electron chi connectivity index (χ3n) is 2.78. The van der Waals surface area contributed by atoms with Crippen LogP contribution in [-0.4, -0.2) is 24.2 Å². The van der Waals surface area contributed by atoms with Gasteiger partial charge >= 0.3 is 0 Å². The highest BCUT2D eigenvalue weighted by Gasteiger charge is 2.13. The molecule has 106 valence electrons. The van der Waals surface area contributed by atoms with Crippen molar-refractivity contribution < 1.29 is 9.47 Å². The zero-order valence-electron chi connectivity index (χ0n) is 11.4. The van der Waals surface area contributed by atoms with Gasteiger partial charge in [-0.2, -0.15) is 0 Å². The molecule has 2 aromatic rings. The van der Waals surface area contributed by atoms with Gasteiger partial charge in [-0.3, -0.25) is 0 Å². The maximum Gasteiger partial charge on any atom is 0.162 e. The van der Waals surface area contributed by atoms with Gasteiger partial charge in [0.15, 0.2) is 5.82 Å². The van der Waals surface area contributed by atoms with Crippen molar-refractivity contribution >= 4 is 21.7 Å². The van der Waals surface area contributed by atoms with E-state index in [4.69, 9.17) is 15.2 Å². The van der Waals surface area contributed by atoms with Gasteiger partial charge in [-0.15, -0.1) is 0 Å². The molecule has 2 N–H and O–H groups in total. The topological polar surface area (TPSA) is 70.3 Å². The van der Waals surface area contributed by atoms with E-state index < -0.39 is 0 Å². The van der Waals surface area contributed by atoms with Crippen molar-refractivity contribution in [1.82, 2.24) is 9.97 Å². The summed E-state index contributed by atoms with van der Waals surface area (Å²) >= 11 is 3.38. The lowest BCUT2D eigenvalue weighted by Gasteiger charge is -2.11. The molecule has 0 radical (unpaired) electrons. The first-order valence-corrected chi connectivity index (χ1v) is 6.84. The molecule has 0 atom stereocenters. The number of nitrogens with zero attached hydrogens (tertiary/aromatic N) is 2. The number of rotatable bonds is 5. The molecule has 0 saturated heterocycles. The molecule has 2 rings (SSSR count). The minimum atomic E-state index is 0.368. The fraction of sp³-hybridized carbons (Fsp3) is 0.286. The molecule has 0 unspecified atom stereocenters. The van der Waals surface area contributed by atoms with Crippen molar-refractivity contribution in [1.29, 1.82) is 0 Å². The fourth-order valence-corrected chi connectivity index (χ4v) is 2.18. The van der Waals surface area contributed by atoms with Gasteiger partial charge in [-0.1, -0.05) is 24.3 Å². The van der Waals surface area contributed by atoms with Crippen LogP contribution < -0.4 is 5.73 Å². The Labute approximate surface area is 126 Å². The summed E-state index contributed by atoms with van der Waals surface area (Å²) in [6.45, 7) is 0.863. The van der Waals surface area contributed by atoms with E-state index in [2.05, 4.69) is 25.9 Å². The highest BCUT2D eigenvalue weighted by molar-refractivity contribution is 9.10. The minimum absolute atomic E-state index is 0.368. The fourth-order valence-electron chi connectivity index (χ4n) is 1.89. The summed E-state index contributed by atoms with van der Waals surface area (Å²) < 4.78 is 11.0. The predicted molar refractivity (Wildman–Crippen MR) is 81.0 cm³/mol. The summed E-state index contributed by atoms with van der Waals surface area (Å²) in [5.41, 5.74) is 8.57. The summed E-state index contributed by atoms with van der Waals surface area (Å²) in [5.74, 6) is 0.972. The summed E-state index contributed by atoms with van der Waals surface area (Å²) in [6.07, 6.45) is 0. The molecule has 0 aliphatic carbocycles. The number of ether oxygens (including phenoxy) is 2. The Balaban J connectivity index is 2.52. The Morgan fingerprint density at radius 1 is 1.10 bits per heavy atom. The van der Waals surface area contributed by atoms with Gasteiger partial charge in [0.25, 0.3) is 0 Å². The van der Waals surface area contributed by atoms with E-state index in [0.717, 1.165) is 16.8 Å². The number of hydrogen-bond acceptors (Lipinski definition) is 5. The van der Waals surface area contributed by atoms with Gasteiger partial charge in [0, 0.05) is 19.8 Å². The lowest BCUT2D eigenvalue weighted by molar-refractivity contribution is 0.181. The van der Waals surface area contributed by atoms with Crippen LogP contribution >= 0.6 is 15.9 Å². The zero-order chi connectivity index (χ0) is 14.5. The van der Waals surface area contributed by atoms with E-state index in [-0.39, 0.29) is 0 Å². The summed E-state index contributed by atoms with van der Waals surface area (Å²) in [5, 5.41) is 0. The van der Waals surface area contributed by atoms with Crippen LogP contribution in [0.5, 0.6) is 0 Å². The Kier molecular flexibility index (Phi) is 5.05. The molecule has 0 saturated carbocycles. The van der Waals surface area contributed by atoms with E-state index >= 15 is 0 Å². The van der Waals surface area contributed by atoms with Crippen LogP contribution in [0.15, 0.2) is 28.7 Å². The summed E-state index contributed by atoms with van der Waals surface area (Å²) in [4.78, 5) is 8.85. The normalized spacial score (nSPS) is 10.8. The number of hydrogen-bond donors (Lipinski definition) is 1. The first-order valence-electron chi connectivity index (χ1n) is 6.05. The number of anilines is 1. The van der Waals surface area contributed by atoms with Gasteiger partial charge < -0.3 is 15.2 Å². The second kappa shape index (κ2) is 6.78. The van der Waals surface area contributed by atoms with Crippen molar-refractivity contribution in [2.75, 3.05) is 20.0 Å². The molecule has 0 bridgehead atoms. The molecule has 5 nitrogen and oxygen atoms in total. The molecule has 1 aromatic carbocycles. The van der Waals surface area contributed by atoms with Crippen molar-refractivity contribution in [3.63, 3.8) is 0 Å². The lowest BCUT2D eigenvalue weighted by atomic mass is 10.1. The van der Waals surface area contributed by atoms with E-state index in [9.17, 15) is 0 Å². The second-order valence-corrected chi connectivity index (χ2v) is 5.01. The van der Waals surface area contributed by atoms with E-state index in [1.54, 1.807) is 14.2 Å². The molecule has 1 heterocycles. The SMILES string of the molecule is COCc1ccccc1-c1nc(N)c(Br)c(COC)n1. The maximum atomic E-state index is 5.93. The van der Waals surface area contributed by atoms with Crippen molar-refractivity contribution in [3.05, 3.63) is 40.0 Å². The van der Waals surface area contributed by atoms with E-state index in [0.29, 0.717) is 29.3 Å². The van der Waals surface area contributed by atoms with Crippen molar-refractivity contribution in [3.8, 4) is 11.4 Å². The van der Waals surface area contributed by atoms with Gasteiger partial charge in [0.1, 0.15) is 5.82 Å². The van der Waals surface area contributed by atoms with Gasteiger partial charge in [0.05, 0.1) is 23.4 Å². The minimum Gasteiger partial charge on any atom is -0.383 e. The zero-order valence-corrected chi connectivity index (χ0v) is 13.0. The molecule has 0 amide bonds. The Bertz CT molecular complexity index is 605. The second-order valence-electron chi connectivity index (χ2n) is 4.22. The Morgan fingerprint density at radius 3 is 2.50 bits per heavy atom. The van der Waals surface area contributed by atoms with Crippen LogP contribution in [0.25, 0.3) is 11.4 Å². The predicted octanol–water partition coefficient (Wildman–Crippen LogP) is 2.78. The van der Waals surface area contributed by atoms with Crippen LogP contribution in [0.3, 0.4) is 0 Å². The first-order chi connectivity index (χ1) is 9.67. The van der Waals surface area contributed by atoms with Crippen LogP contribution in [0.4, 0.5) is 5.82 Å². The third kappa shape index (κ3) is 3.15. The molecule has 6 heteroatoms. The maximum absolute atomic E-state index is 5.93. The third-order valence-corrected chi connectivity index (χ3v) is 3.65. The highest BCUT2D eigenvalue weighted by Crippen LogP contribution is 2.27. The van der Waals surface area contributed by atoms with Crippen LogP contribution in [0.2, 0.25) is 0 Å². The number of methoxy groups -OCH3 is 2. The Morgan fingerprint density at radius 2 is 1.80 bits per heavy atom. The molecular weight excluding hydrogens is 322 g/mol. The van der Waals surface area contributed by atoms with Gasteiger partial charge in [-0.05, 0) is 21.5 Å². The van der Waals surface area contributed by atoms with Gasteiger partial charge in [0.2, 0.25) is 0 Å². The summed E-state index contributed by atoms with van der Waals surface area (Å²) in [7, 11) is 3.27. The molecule has 0 aliphatic rings. The monoisotopic (exact) mass is 337 g/mol. The number of benzene rings is 1. The lowest BCUT2D eigenvalue weighted by Crippen LogP contribution is -2.05. The molecule has 1 aromatic heterocycles. The Hall–Kier alpha value is -1.50. The average Bonchev–Trinajstić information content (AvgIpc) is 2.45. The molecule has 0 fully saturated rings. The largest absolute Gasteiger partial charge is 0.383 e. The highest BCUT2D eigenvalue weighted by atomic mass is 79.9. The molecule has 0 aliphatic heterocycles. The number of aromatic nitrogens is 2. The van der Waals surface area contributed by atoms with Crippen molar-refractivity contribution in [2.24, 2.45) is 0 Å². The van der Waals surface area contributed by atoms with Gasteiger partial charge in [-0.25, -0.2) is 9.97 Å². The van der Waals surface area contributed by atoms with Crippen LogP contribution in [0, 0.1) is 0 Å². The van der Waals surface area contributed by atoms with Crippen LogP contribution in [-0.2, 0) is 22.7 Å². The molecule has 20 heavy (non-hydrogen) atoms. The van der Waals surface area contributed by atoms with E-state index in [1.807, 2.05) is 24.3 Å². The quantitative estimate of drug-likeness (QED) is 0.908. The summed E-state index contributed by atoms with van der Waals surface area (Å²) in [6, 6.07) is 7.83. The van der Waals surface area contributed by atoms with Crippen LogP contribution in [0.1, 0.15) is 11.3 Å². The number of halogens is 1. The smallest absolute Gasteiger partial charge is 0.162 e. The number of nitrogen functional groups attached to an aromatic ring is 1. The van der Waals surface area contributed by atoms with E-state index in [1.165, 1.54) is 0 Å². The standard InChI is InChI=1S/C14H16BrN3O2/c1-19-7-9-5-3-4-6-10(9)14-17-11(8-20-2)12(15)13(16)18-14/h3-6H,7-8H2,1-2H3,(H2,16,17,18). The first kappa shape index (κ1) is 14.9. The molecule has 0 spiro atoms. The number of nitrogens with two attached hydrogens (primary N) is 1.